The van der Waals surface area contributed by atoms with Crippen LogP contribution < -0.4 is 15.1 Å². The maximum atomic E-state index is 11.3. The first-order valence-corrected chi connectivity index (χ1v) is 19.5. The summed E-state index contributed by atoms with van der Waals surface area (Å²) in [5.74, 6) is 1.30. The molecule has 256 valence electrons. The van der Waals surface area contributed by atoms with Gasteiger partial charge in [-0.15, -0.1) is 0 Å². The first-order valence-electron chi connectivity index (χ1n) is 17.6. The van der Waals surface area contributed by atoms with E-state index in [4.69, 9.17) is 13.7 Å². The fraction of sp³-hybridized carbons (Fsp3) is 0.487. The highest BCUT2D eigenvalue weighted by Gasteiger charge is 2.52. The van der Waals surface area contributed by atoms with Crippen molar-refractivity contribution < 1.29 is 28.7 Å². The number of aryl methyl sites for hydroxylation is 1. The van der Waals surface area contributed by atoms with Gasteiger partial charge in [-0.2, -0.15) is 0 Å². The van der Waals surface area contributed by atoms with Crippen molar-refractivity contribution in [1.82, 2.24) is 10.1 Å². The molecule has 1 aliphatic carbocycles. The summed E-state index contributed by atoms with van der Waals surface area (Å²) in [4.78, 5) is 12.8. The molecular weight excluding hydrogens is 621 g/mol. The van der Waals surface area contributed by atoms with Crippen LogP contribution in [0, 0.1) is 11.8 Å². The number of benzene rings is 3. The Morgan fingerprint density at radius 2 is 1.58 bits per heavy atom. The Balaban J connectivity index is 1.19. The van der Waals surface area contributed by atoms with Crippen LogP contribution in [-0.2, 0) is 17.5 Å². The molecule has 1 aliphatic heterocycles. The number of piperidine rings is 1. The number of likely N-dealkylation sites (tertiary alicyclic amines) is 1. The Morgan fingerprint density at radius 1 is 0.938 bits per heavy atom. The molecule has 2 aliphatic rings. The van der Waals surface area contributed by atoms with Crippen LogP contribution in [0.4, 0.5) is 4.79 Å². The predicted molar refractivity (Wildman–Crippen MR) is 191 cm³/mol. The largest absolute Gasteiger partial charge is 0.493 e. The molecule has 48 heavy (non-hydrogen) atoms. The van der Waals surface area contributed by atoms with Crippen molar-refractivity contribution in [1.29, 1.82) is 0 Å². The van der Waals surface area contributed by atoms with Gasteiger partial charge >= 0.3 is 6.09 Å². The standard InChI is InChI=1S/C39H50N2O6Si/c1-39(2,3)48(30-13-6-4-7-14-30,31-15-8-5-9-16-31)47-35-17-11-10-12-29(35)27-45-36-21-19-32-34(40-46-37(32)33(36)26-42)20-18-28-22-24-41(25-23-28)38(43)44/h4-9,13-16,19,21,28-29,35,42H,10-12,17-18,20,22-27H2,1-3H3,(H,43,44). The quantitative estimate of drug-likeness (QED) is 0.163. The molecule has 1 amide bonds. The molecule has 1 aromatic heterocycles. The summed E-state index contributed by atoms with van der Waals surface area (Å²) in [6.45, 7) is 8.43. The number of aliphatic hydroxyl groups excluding tert-OH is 1. The van der Waals surface area contributed by atoms with Gasteiger partial charge in [0.15, 0.2) is 5.58 Å². The highest BCUT2D eigenvalue weighted by molar-refractivity contribution is 6.99. The van der Waals surface area contributed by atoms with Gasteiger partial charge in [-0.3, -0.25) is 0 Å². The highest BCUT2D eigenvalue weighted by atomic mass is 28.4. The van der Waals surface area contributed by atoms with E-state index >= 15 is 0 Å². The molecule has 0 spiro atoms. The SMILES string of the molecule is CC(C)(C)[Si](OC1CCCCC1COc1ccc2c(CCC3CCN(C(=O)O)CC3)noc2c1CO)(c1ccccc1)c1ccccc1. The molecule has 2 N–H and O–H groups in total. The maximum Gasteiger partial charge on any atom is 0.407 e. The van der Waals surface area contributed by atoms with Gasteiger partial charge in [0, 0.05) is 24.4 Å². The number of aromatic nitrogens is 1. The number of rotatable bonds is 11. The number of amides is 1. The number of hydrogen-bond acceptors (Lipinski definition) is 6. The van der Waals surface area contributed by atoms with E-state index in [0.29, 0.717) is 42.5 Å². The van der Waals surface area contributed by atoms with E-state index in [2.05, 4.69) is 86.6 Å². The van der Waals surface area contributed by atoms with Crippen LogP contribution in [0.1, 0.15) is 77.0 Å². The fourth-order valence-electron chi connectivity index (χ4n) is 7.94. The third-order valence-electron chi connectivity index (χ3n) is 10.6. The number of hydrogen-bond donors (Lipinski definition) is 2. The van der Waals surface area contributed by atoms with E-state index in [1.807, 2.05) is 12.1 Å². The predicted octanol–water partition coefficient (Wildman–Crippen LogP) is 7.16. The van der Waals surface area contributed by atoms with Crippen LogP contribution in [-0.4, -0.2) is 60.5 Å². The molecule has 2 heterocycles. The molecule has 2 atom stereocenters. The number of nitrogens with zero attached hydrogens (tertiary/aromatic N) is 2. The van der Waals surface area contributed by atoms with Crippen molar-refractivity contribution in [3.05, 3.63) is 84.1 Å². The van der Waals surface area contributed by atoms with Crippen molar-refractivity contribution in [2.24, 2.45) is 11.8 Å². The van der Waals surface area contributed by atoms with Crippen LogP contribution in [0.5, 0.6) is 5.75 Å². The van der Waals surface area contributed by atoms with Gasteiger partial charge in [0.05, 0.1) is 30.6 Å². The highest BCUT2D eigenvalue weighted by Crippen LogP contribution is 2.41. The monoisotopic (exact) mass is 670 g/mol. The number of carboxylic acid groups (broad SMARTS) is 1. The average molecular weight is 671 g/mol. The molecule has 2 fully saturated rings. The Kier molecular flexibility index (Phi) is 10.6. The van der Waals surface area contributed by atoms with Crippen molar-refractivity contribution >= 4 is 35.8 Å². The van der Waals surface area contributed by atoms with Crippen LogP contribution in [0.25, 0.3) is 11.0 Å². The molecule has 1 saturated heterocycles. The molecule has 1 saturated carbocycles. The van der Waals surface area contributed by atoms with Crippen molar-refractivity contribution in [3.8, 4) is 5.75 Å². The zero-order valence-electron chi connectivity index (χ0n) is 28.6. The Morgan fingerprint density at radius 3 is 2.19 bits per heavy atom. The number of ether oxygens (including phenoxy) is 1. The molecule has 4 aromatic rings. The van der Waals surface area contributed by atoms with E-state index in [-0.39, 0.29) is 23.7 Å². The molecule has 9 heteroatoms. The summed E-state index contributed by atoms with van der Waals surface area (Å²) < 4.78 is 20.0. The van der Waals surface area contributed by atoms with E-state index < -0.39 is 14.4 Å². The Bertz CT molecular complexity index is 1610. The van der Waals surface area contributed by atoms with E-state index in [1.54, 1.807) is 0 Å². The van der Waals surface area contributed by atoms with Gasteiger partial charge in [0.2, 0.25) is 0 Å². The molecule has 2 unspecified atom stereocenters. The molecule has 0 bridgehead atoms. The van der Waals surface area contributed by atoms with Gasteiger partial charge in [-0.05, 0) is 72.0 Å². The van der Waals surface area contributed by atoms with Gasteiger partial charge < -0.3 is 28.8 Å². The van der Waals surface area contributed by atoms with Crippen molar-refractivity contribution in [2.75, 3.05) is 19.7 Å². The second kappa shape index (κ2) is 14.8. The number of aliphatic hydroxyl groups is 1. The molecule has 6 rings (SSSR count). The lowest BCUT2D eigenvalue weighted by molar-refractivity contribution is 0.0530. The lowest BCUT2D eigenvalue weighted by Crippen LogP contribution is -2.68. The second-order valence-electron chi connectivity index (χ2n) is 14.6. The van der Waals surface area contributed by atoms with Gasteiger partial charge in [0.1, 0.15) is 5.75 Å². The summed E-state index contributed by atoms with van der Waals surface area (Å²) in [6, 6.07) is 25.6. The number of fused-ring (bicyclic) bond motifs is 1. The van der Waals surface area contributed by atoms with Crippen molar-refractivity contribution in [2.45, 2.75) is 89.9 Å². The lowest BCUT2D eigenvalue weighted by atomic mass is 9.87. The third-order valence-corrected chi connectivity index (χ3v) is 15.7. The maximum absolute atomic E-state index is 11.3. The fourth-order valence-corrected chi connectivity index (χ4v) is 12.7. The smallest absolute Gasteiger partial charge is 0.407 e. The van der Waals surface area contributed by atoms with Gasteiger partial charge in [-0.25, -0.2) is 4.79 Å². The molecule has 8 nitrogen and oxygen atoms in total. The van der Waals surface area contributed by atoms with Crippen LogP contribution in [0.2, 0.25) is 5.04 Å². The summed E-state index contributed by atoms with van der Waals surface area (Å²) in [5.41, 5.74) is 2.08. The Hall–Kier alpha value is -3.66. The average Bonchev–Trinajstić information content (AvgIpc) is 3.52. The third kappa shape index (κ3) is 7.04. The number of carbonyl (C=O) groups is 1. The minimum absolute atomic E-state index is 0.0469. The van der Waals surface area contributed by atoms with Gasteiger partial charge in [-0.1, -0.05) is 99.4 Å². The zero-order valence-corrected chi connectivity index (χ0v) is 29.6. The Labute approximate surface area is 285 Å². The minimum atomic E-state index is -2.71. The van der Waals surface area contributed by atoms with E-state index in [0.717, 1.165) is 62.4 Å². The van der Waals surface area contributed by atoms with Crippen LogP contribution in [0.3, 0.4) is 0 Å². The summed E-state index contributed by atoms with van der Waals surface area (Å²) >= 11 is 0. The minimum Gasteiger partial charge on any atom is -0.493 e. The van der Waals surface area contributed by atoms with Gasteiger partial charge in [0.25, 0.3) is 8.32 Å². The second-order valence-corrected chi connectivity index (χ2v) is 18.9. The molecular formula is C39H50N2O6Si. The molecule has 3 aromatic carbocycles. The molecule has 0 radical (unpaired) electrons. The summed E-state index contributed by atoms with van der Waals surface area (Å²) in [5, 5.41) is 27.5. The normalized spacial score (nSPS) is 19.5. The van der Waals surface area contributed by atoms with Crippen LogP contribution >= 0.6 is 0 Å². The topological polar surface area (TPSA) is 105 Å². The first kappa shape index (κ1) is 34.2. The zero-order chi connectivity index (χ0) is 33.7. The summed E-state index contributed by atoms with van der Waals surface area (Å²) in [7, 11) is -2.71. The van der Waals surface area contributed by atoms with E-state index in [1.165, 1.54) is 15.3 Å². The van der Waals surface area contributed by atoms with Crippen molar-refractivity contribution in [3.63, 3.8) is 0 Å². The first-order chi connectivity index (χ1) is 23.2. The van der Waals surface area contributed by atoms with E-state index in [9.17, 15) is 15.0 Å². The summed E-state index contributed by atoms with van der Waals surface area (Å²) in [6.07, 6.45) is 6.90. The lowest BCUT2D eigenvalue weighted by Gasteiger charge is -2.47. The van der Waals surface area contributed by atoms with Crippen LogP contribution in [0.15, 0.2) is 77.3 Å².